The van der Waals surface area contributed by atoms with Gasteiger partial charge in [0.15, 0.2) is 0 Å². The zero-order valence-corrected chi connectivity index (χ0v) is 60.2. The van der Waals surface area contributed by atoms with Crippen LogP contribution in [0, 0.1) is 37.1 Å². The number of aliphatic hydroxyl groups is 5. The Balaban J connectivity index is -0.00000000376. The van der Waals surface area contributed by atoms with E-state index in [9.17, 15) is 0 Å². The van der Waals surface area contributed by atoms with Crippen LogP contribution in [-0.2, 0) is 139 Å². The molecule has 7 N–H and O–H groups in total. The smallest absolute Gasteiger partial charge is 0.665 e. The minimum absolute atomic E-state index is 0. The summed E-state index contributed by atoms with van der Waals surface area (Å²) in [5.74, 6) is 0. The van der Waals surface area contributed by atoms with Crippen molar-refractivity contribution in [3.63, 3.8) is 0 Å². The quantitative estimate of drug-likeness (QED) is 0.127. The first-order valence-electron chi connectivity index (χ1n) is 16.4. The molecule has 0 heterocycles. The summed E-state index contributed by atoms with van der Waals surface area (Å²) in [5.41, 5.74) is 0. The molecule has 0 bridgehead atoms. The Morgan fingerprint density at radius 1 is 0.281 bits per heavy atom. The van der Waals surface area contributed by atoms with Gasteiger partial charge in [-0.1, -0.05) is 215 Å². The maximum Gasteiger partial charge on any atom is 2.00 e. The normalized spacial score (nSPS) is 2.73. The Morgan fingerprint density at radius 3 is 0.297 bits per heavy atom. The fraction of sp³-hybridized carbons (Fsp3) is 0.778. The third-order valence-electron chi connectivity index (χ3n) is 0.167. The Bertz CT molecular complexity index is 179. The second-order valence-electron chi connectivity index (χ2n) is 0.962. The first kappa shape index (κ1) is 318. The molecule has 19 heteroatoms. The Kier molecular flexibility index (Phi) is 20600. The molecule has 0 aliphatic rings. The summed E-state index contributed by atoms with van der Waals surface area (Å²) < 4.78 is 7.47. The Morgan fingerprint density at radius 2 is 0.297 bits per heavy atom. The molecule has 0 amide bonds. The summed E-state index contributed by atoms with van der Waals surface area (Å²) in [6.07, 6.45) is 1.50. The Labute approximate surface area is 486 Å². The van der Waals surface area contributed by atoms with Crippen molar-refractivity contribution >= 4 is 32.2 Å². The summed E-state index contributed by atoms with van der Waals surface area (Å²) in [6.45, 7) is 48.7. The van der Waals surface area contributed by atoms with Crippen LogP contribution in [0.4, 0.5) is 0 Å². The standard InChI is InChI=1S/2C2H3O2.C2H3O.11C2H6.2CHO2.5CH4O.5CH4.5CH3.5W/c2*1-4-2-3;1-2-3;11*1-2;2*2-1-3;5*1-2;;;;;;;;;;;;;;;/h2*1H3;1H3;11*1-2H3;2*(H,2,3);5*2H,1H3;5*1H4;5*1H3;;;;;/q3*-1;;;;;;;;;;;;2*-1;;;;;;;;;;;5*-1;5*+2. The fourth-order valence-corrected chi connectivity index (χ4v) is 0. The third kappa shape index (κ3) is 30800. The molecule has 0 unspecified atom stereocenters. The summed E-state index contributed by atoms with van der Waals surface area (Å²) in [7, 11) is 7.51. The molecule has 0 radical (unpaired) electrons. The average molecular weight is 1820 g/mol. The molecule has 14 nitrogen and oxygen atoms in total. The minimum atomic E-state index is 0. The first-order chi connectivity index (χ1) is 24.1. The van der Waals surface area contributed by atoms with Crippen LogP contribution in [0.15, 0.2) is 0 Å². The van der Waals surface area contributed by atoms with Gasteiger partial charge in [0.05, 0.1) is 0 Å². The number of ether oxygens (including phenoxy) is 2. The number of aliphatic hydroxyl groups excluding tert-OH is 7. The van der Waals surface area contributed by atoms with Crippen LogP contribution >= 0.6 is 0 Å². The van der Waals surface area contributed by atoms with Crippen molar-refractivity contribution in [3.05, 3.63) is 37.1 Å². The molecule has 0 aromatic heterocycles. The van der Waals surface area contributed by atoms with Gasteiger partial charge in [0.2, 0.25) is 0 Å². The van der Waals surface area contributed by atoms with E-state index in [2.05, 4.69) is 9.47 Å². The van der Waals surface area contributed by atoms with Gasteiger partial charge < -0.3 is 106 Å². The van der Waals surface area contributed by atoms with E-state index in [1.165, 1.54) is 40.4 Å². The summed E-state index contributed by atoms with van der Waals surface area (Å²) in [5, 5.41) is 48.5. The molecule has 0 fully saturated rings. The van der Waals surface area contributed by atoms with Gasteiger partial charge in [-0.25, -0.2) is 0 Å². The van der Waals surface area contributed by atoms with E-state index in [4.69, 9.17) is 59.7 Å². The van der Waals surface area contributed by atoms with Gasteiger partial charge in [-0.15, -0.1) is 0 Å². The zero-order chi connectivity index (χ0) is 46.9. The molecule has 0 saturated heterocycles. The topological polar surface area (TPSA) is 245 Å². The predicted octanol–water partition coefficient (Wildman–Crippen LogP) is 13.5. The van der Waals surface area contributed by atoms with Gasteiger partial charge in [-0.2, -0.15) is 6.92 Å². The van der Waals surface area contributed by atoms with Crippen LogP contribution < -0.4 is 0 Å². The molecule has 0 aliphatic heterocycles. The molecule has 0 aromatic carbocycles. The van der Waals surface area contributed by atoms with E-state index in [0.717, 1.165) is 35.5 Å². The molecular weight excluding hydrogens is 1680 g/mol. The molecule has 0 aliphatic carbocycles. The largest absolute Gasteiger partial charge is 2.00 e. The summed E-state index contributed by atoms with van der Waals surface area (Å²) in [4.78, 5) is 42.8. The number of hydrogen-bond donors (Lipinski definition) is 7. The predicted molar refractivity (Wildman–Crippen MR) is 285 cm³/mol. The first-order valence-corrected chi connectivity index (χ1v) is 16.4. The monoisotopic (exact) mass is 1820 g/mol. The number of carbonyl (C=O) groups excluding carboxylic acids is 3. The van der Waals surface area contributed by atoms with Gasteiger partial charge in [-0.3, -0.25) is 6.29 Å². The van der Waals surface area contributed by atoms with Crippen LogP contribution in [-0.4, -0.2) is 118 Å². The van der Waals surface area contributed by atoms with Crippen LogP contribution in [0.1, 0.15) is 196 Å². The molecule has 0 rings (SSSR count). The third-order valence-corrected chi connectivity index (χ3v) is 0.167. The summed E-state index contributed by atoms with van der Waals surface area (Å²) >= 11 is 0. The van der Waals surface area contributed by atoms with Gasteiger partial charge in [0.1, 0.15) is 0 Å². The van der Waals surface area contributed by atoms with Crippen molar-refractivity contribution in [3.8, 4) is 0 Å². The van der Waals surface area contributed by atoms with E-state index in [1.54, 1.807) is 0 Å². The van der Waals surface area contributed by atoms with Crippen LogP contribution in [0.5, 0.6) is 0 Å². The van der Waals surface area contributed by atoms with Gasteiger partial charge >= 0.3 is 105 Å². The van der Waals surface area contributed by atoms with Crippen molar-refractivity contribution in [2.75, 3.05) is 49.8 Å². The van der Waals surface area contributed by atoms with Gasteiger partial charge in [-0.05, 0) is 0 Å². The second kappa shape index (κ2) is 4140. The van der Waals surface area contributed by atoms with Crippen molar-refractivity contribution in [1.29, 1.82) is 0 Å². The molecule has 0 spiro atoms. The van der Waals surface area contributed by atoms with Crippen molar-refractivity contribution in [1.82, 2.24) is 0 Å². The molecule has 0 saturated carbocycles. The van der Waals surface area contributed by atoms with Crippen LogP contribution in [0.25, 0.3) is 0 Å². The van der Waals surface area contributed by atoms with Crippen molar-refractivity contribution in [2.45, 2.75) is 196 Å². The summed E-state index contributed by atoms with van der Waals surface area (Å²) in [6, 6.07) is 0. The van der Waals surface area contributed by atoms with E-state index >= 15 is 0 Å². The minimum Gasteiger partial charge on any atom is -0.665 e. The van der Waals surface area contributed by atoms with E-state index in [0.29, 0.717) is 12.9 Å². The number of rotatable bonds is 2. The van der Waals surface area contributed by atoms with Crippen molar-refractivity contribution < 1.29 is 175 Å². The second-order valence-corrected chi connectivity index (χ2v) is 0.962. The zero-order valence-electron chi connectivity index (χ0n) is 45.5. The van der Waals surface area contributed by atoms with E-state index < -0.39 is 0 Å². The van der Waals surface area contributed by atoms with Crippen LogP contribution in [0.3, 0.4) is 0 Å². The molecule has 64 heavy (non-hydrogen) atoms. The molecule has 0 aromatic rings. The maximum atomic E-state index is 8.83. The maximum absolute atomic E-state index is 8.83. The number of hydrogen-bond acceptors (Lipinski definition) is 12. The van der Waals surface area contributed by atoms with Crippen LogP contribution in [0.2, 0.25) is 0 Å². The molecule has 426 valence electrons. The average Bonchev–Trinajstić information content (AvgIpc) is 3.27. The fourth-order valence-electron chi connectivity index (χ4n) is 0. The van der Waals surface area contributed by atoms with Crippen molar-refractivity contribution in [2.24, 2.45) is 0 Å². The SMILES string of the molecule is C.C.C.C.C.CC.CC.CC.CC.CC.CC.CC.CC.CC.CC.CC.CO.CO.CO.CO.CO.CO[C-]=O.CO[C-]=O.C[C-]=O.O=[C-]O.O=[C-]O.[CH3-].[CH3-].[CH3-].[CH3-].[CH3-].[W+2].[W+2].[W+2].[W+2].[W+2]. The van der Waals surface area contributed by atoms with E-state index in [-0.39, 0.29) is 180 Å². The molecule has 0 atom stereocenters. The van der Waals surface area contributed by atoms with Gasteiger partial charge in [0.25, 0.3) is 0 Å². The van der Waals surface area contributed by atoms with E-state index in [1.807, 2.05) is 152 Å². The molecular formula is C45H132O14W5. The Hall–Kier alpha value is 0.792. The van der Waals surface area contributed by atoms with Gasteiger partial charge in [0, 0.05) is 49.8 Å². The number of methoxy groups -OCH3 is 2.